The summed E-state index contributed by atoms with van der Waals surface area (Å²) in [6.45, 7) is 3.23. The summed E-state index contributed by atoms with van der Waals surface area (Å²) >= 11 is 0. The lowest BCUT2D eigenvalue weighted by molar-refractivity contribution is -0.111. The molecule has 0 aromatic carbocycles. The van der Waals surface area contributed by atoms with Crippen LogP contribution in [0.5, 0.6) is 0 Å². The van der Waals surface area contributed by atoms with Crippen molar-refractivity contribution >= 4 is 12.4 Å². The quantitative estimate of drug-likeness (QED) is 0.586. The van der Waals surface area contributed by atoms with E-state index in [1.54, 1.807) is 13.8 Å². The Kier molecular flexibility index (Phi) is 2.86. The fourth-order valence-electron chi connectivity index (χ4n) is 0.515. The molecule has 0 aliphatic heterocycles. The fourth-order valence-corrected chi connectivity index (χ4v) is 0.515. The Labute approximate surface area is 59.3 Å². The average Bonchev–Trinajstić information content (AvgIpc) is 1.59. The Bertz CT molecular complexity index is 142. The van der Waals surface area contributed by atoms with Gasteiger partial charge in [-0.3, -0.25) is 0 Å². The first-order valence-electron chi connectivity index (χ1n) is 2.90. The van der Waals surface area contributed by atoms with E-state index in [9.17, 15) is 9.59 Å². The van der Waals surface area contributed by atoms with Crippen LogP contribution in [0.1, 0.15) is 20.3 Å². The summed E-state index contributed by atoms with van der Waals surface area (Å²) in [4.78, 5) is 20.1. The van der Waals surface area contributed by atoms with Gasteiger partial charge in [-0.15, -0.1) is 0 Å². The molecule has 0 atom stereocenters. The first kappa shape index (κ1) is 8.94. The van der Waals surface area contributed by atoms with Crippen molar-refractivity contribution in [2.45, 2.75) is 25.9 Å². The summed E-state index contributed by atoms with van der Waals surface area (Å²) in [7, 11) is 0. The molecule has 10 heavy (non-hydrogen) atoms. The molecule has 0 rings (SSSR count). The van der Waals surface area contributed by atoms with Crippen LogP contribution in [0.3, 0.4) is 0 Å². The SMILES string of the molecule is CC(C)(CC=O)OC(N)=O. The number of carbonyl (C=O) groups excluding carboxylic acids is 2. The summed E-state index contributed by atoms with van der Waals surface area (Å²) in [6.07, 6.45) is -0.00866. The van der Waals surface area contributed by atoms with Gasteiger partial charge in [0.2, 0.25) is 0 Å². The number of amides is 1. The van der Waals surface area contributed by atoms with Crippen LogP contribution in [0.25, 0.3) is 0 Å². The molecule has 0 aromatic rings. The zero-order chi connectivity index (χ0) is 8.20. The second-order valence-corrected chi connectivity index (χ2v) is 2.55. The van der Waals surface area contributed by atoms with Crippen LogP contribution in [0, 0.1) is 0 Å². The van der Waals surface area contributed by atoms with Gasteiger partial charge in [-0.25, -0.2) is 4.79 Å². The summed E-state index contributed by atoms with van der Waals surface area (Å²) in [5.74, 6) is 0. The number of carbonyl (C=O) groups is 2. The lowest BCUT2D eigenvalue weighted by Gasteiger charge is -2.20. The molecule has 0 fully saturated rings. The van der Waals surface area contributed by atoms with E-state index < -0.39 is 11.7 Å². The number of ether oxygens (including phenoxy) is 1. The summed E-state index contributed by atoms with van der Waals surface area (Å²) < 4.78 is 4.59. The summed E-state index contributed by atoms with van der Waals surface area (Å²) in [5.41, 5.74) is 3.96. The molecule has 0 saturated carbocycles. The van der Waals surface area contributed by atoms with Gasteiger partial charge in [0.25, 0.3) is 0 Å². The minimum absolute atomic E-state index is 0.163. The predicted octanol–water partition coefficient (Wildman–Crippen LogP) is 0.449. The van der Waals surface area contributed by atoms with E-state index in [0.717, 1.165) is 0 Å². The maximum absolute atomic E-state index is 10.2. The Morgan fingerprint density at radius 2 is 2.20 bits per heavy atom. The summed E-state index contributed by atoms with van der Waals surface area (Å²) in [6, 6.07) is 0. The zero-order valence-corrected chi connectivity index (χ0v) is 6.09. The van der Waals surface area contributed by atoms with Crippen molar-refractivity contribution < 1.29 is 14.3 Å². The van der Waals surface area contributed by atoms with Crippen LogP contribution in [0.4, 0.5) is 4.79 Å². The van der Waals surface area contributed by atoms with Crippen molar-refractivity contribution in [2.24, 2.45) is 5.73 Å². The second kappa shape index (κ2) is 3.20. The minimum Gasteiger partial charge on any atom is -0.443 e. The van der Waals surface area contributed by atoms with Crippen LogP contribution in [0.15, 0.2) is 0 Å². The van der Waals surface area contributed by atoms with E-state index in [2.05, 4.69) is 4.74 Å². The Balaban J connectivity index is 3.85. The van der Waals surface area contributed by atoms with E-state index in [1.165, 1.54) is 0 Å². The lowest BCUT2D eigenvalue weighted by Crippen LogP contribution is -2.31. The molecule has 0 aromatic heterocycles. The normalized spacial score (nSPS) is 10.6. The third kappa shape index (κ3) is 3.88. The van der Waals surface area contributed by atoms with E-state index in [0.29, 0.717) is 6.29 Å². The largest absolute Gasteiger partial charge is 0.443 e. The third-order valence-corrected chi connectivity index (χ3v) is 0.952. The highest BCUT2D eigenvalue weighted by Crippen LogP contribution is 2.11. The molecule has 0 unspecified atom stereocenters. The second-order valence-electron chi connectivity index (χ2n) is 2.55. The average molecular weight is 145 g/mol. The zero-order valence-electron chi connectivity index (χ0n) is 6.09. The number of hydrogen-bond donors (Lipinski definition) is 1. The van der Waals surface area contributed by atoms with Crippen LogP contribution in [-0.4, -0.2) is 18.0 Å². The maximum Gasteiger partial charge on any atom is 0.405 e. The Morgan fingerprint density at radius 1 is 1.70 bits per heavy atom. The number of rotatable bonds is 3. The Hall–Kier alpha value is -1.06. The molecule has 1 amide bonds. The van der Waals surface area contributed by atoms with Crippen molar-refractivity contribution in [3.05, 3.63) is 0 Å². The molecular weight excluding hydrogens is 134 g/mol. The molecule has 0 radical (unpaired) electrons. The van der Waals surface area contributed by atoms with Gasteiger partial charge in [0, 0.05) is 6.42 Å². The van der Waals surface area contributed by atoms with Crippen LogP contribution < -0.4 is 5.73 Å². The predicted molar refractivity (Wildman–Crippen MR) is 35.4 cm³/mol. The van der Waals surface area contributed by atoms with Crippen LogP contribution >= 0.6 is 0 Å². The highest BCUT2D eigenvalue weighted by molar-refractivity contribution is 5.65. The maximum atomic E-state index is 10.2. The summed E-state index contributed by atoms with van der Waals surface area (Å²) in [5, 5.41) is 0. The van der Waals surface area contributed by atoms with Gasteiger partial charge in [-0.1, -0.05) is 0 Å². The van der Waals surface area contributed by atoms with E-state index in [1.807, 2.05) is 0 Å². The van der Waals surface area contributed by atoms with Crippen LogP contribution in [0.2, 0.25) is 0 Å². The molecule has 4 heteroatoms. The standard InChI is InChI=1S/C6H11NO3/c1-6(2,3-4-8)10-5(7)9/h4H,3H2,1-2H3,(H2,7,9). The van der Waals surface area contributed by atoms with Gasteiger partial charge in [-0.2, -0.15) is 0 Å². The Morgan fingerprint density at radius 3 is 2.50 bits per heavy atom. The van der Waals surface area contributed by atoms with Gasteiger partial charge >= 0.3 is 6.09 Å². The molecule has 2 N–H and O–H groups in total. The lowest BCUT2D eigenvalue weighted by atomic mass is 10.1. The van der Waals surface area contributed by atoms with Crippen molar-refractivity contribution in [3.8, 4) is 0 Å². The van der Waals surface area contributed by atoms with Crippen molar-refractivity contribution in [1.82, 2.24) is 0 Å². The first-order valence-corrected chi connectivity index (χ1v) is 2.90. The van der Waals surface area contributed by atoms with E-state index >= 15 is 0 Å². The first-order chi connectivity index (χ1) is 4.48. The van der Waals surface area contributed by atoms with Gasteiger partial charge in [-0.05, 0) is 13.8 Å². The molecule has 0 heterocycles. The molecular formula is C6H11NO3. The molecule has 4 nitrogen and oxygen atoms in total. The van der Waals surface area contributed by atoms with Crippen LogP contribution in [-0.2, 0) is 9.53 Å². The van der Waals surface area contributed by atoms with Crippen molar-refractivity contribution in [1.29, 1.82) is 0 Å². The molecule has 0 spiro atoms. The van der Waals surface area contributed by atoms with Gasteiger partial charge < -0.3 is 15.3 Å². The van der Waals surface area contributed by atoms with Crippen molar-refractivity contribution in [3.63, 3.8) is 0 Å². The van der Waals surface area contributed by atoms with Gasteiger partial charge in [0.1, 0.15) is 11.9 Å². The fraction of sp³-hybridized carbons (Fsp3) is 0.667. The molecule has 0 bridgehead atoms. The number of nitrogens with two attached hydrogens (primary N) is 1. The highest BCUT2D eigenvalue weighted by atomic mass is 16.6. The highest BCUT2D eigenvalue weighted by Gasteiger charge is 2.20. The molecule has 0 aliphatic rings. The van der Waals surface area contributed by atoms with E-state index in [4.69, 9.17) is 5.73 Å². The van der Waals surface area contributed by atoms with Gasteiger partial charge in [0.15, 0.2) is 0 Å². The number of hydrogen-bond acceptors (Lipinski definition) is 3. The number of aldehydes is 1. The van der Waals surface area contributed by atoms with Gasteiger partial charge in [0.05, 0.1) is 0 Å². The molecule has 0 saturated heterocycles. The minimum atomic E-state index is -0.855. The monoisotopic (exact) mass is 145 g/mol. The molecule has 58 valence electrons. The smallest absolute Gasteiger partial charge is 0.405 e. The number of primary amides is 1. The molecule has 0 aliphatic carbocycles. The third-order valence-electron chi connectivity index (χ3n) is 0.952. The topological polar surface area (TPSA) is 69.4 Å². The van der Waals surface area contributed by atoms with Crippen molar-refractivity contribution in [2.75, 3.05) is 0 Å². The van der Waals surface area contributed by atoms with E-state index in [-0.39, 0.29) is 6.42 Å².